The molecule has 21 heavy (non-hydrogen) atoms. The summed E-state index contributed by atoms with van der Waals surface area (Å²) in [6.07, 6.45) is 4.56. The largest absolute Gasteiger partial charge is 0.490 e. The molecule has 0 bridgehead atoms. The van der Waals surface area contributed by atoms with Crippen molar-refractivity contribution in [1.82, 2.24) is 10.3 Å². The van der Waals surface area contributed by atoms with Gasteiger partial charge in [0.15, 0.2) is 0 Å². The van der Waals surface area contributed by atoms with E-state index >= 15 is 0 Å². The normalized spacial score (nSPS) is 20.0. The lowest BCUT2D eigenvalue weighted by atomic mass is 9.94. The van der Waals surface area contributed by atoms with Gasteiger partial charge in [-0.15, -0.1) is 0 Å². The van der Waals surface area contributed by atoms with Crippen LogP contribution in [0.3, 0.4) is 0 Å². The molecule has 3 rings (SSSR count). The molecular formula is C18H22N2O. The summed E-state index contributed by atoms with van der Waals surface area (Å²) in [5, 5.41) is 3.44. The van der Waals surface area contributed by atoms with E-state index in [1.807, 2.05) is 36.5 Å². The van der Waals surface area contributed by atoms with E-state index in [0.717, 1.165) is 30.1 Å². The number of aromatic nitrogens is 1. The van der Waals surface area contributed by atoms with Crippen LogP contribution in [0, 0.1) is 5.92 Å². The van der Waals surface area contributed by atoms with Gasteiger partial charge in [0, 0.05) is 24.2 Å². The average Bonchev–Trinajstić information content (AvgIpc) is 2.57. The molecule has 2 atom stereocenters. The molecule has 1 aliphatic heterocycles. The Morgan fingerprint density at radius 3 is 2.71 bits per heavy atom. The molecule has 3 heteroatoms. The van der Waals surface area contributed by atoms with Crippen molar-refractivity contribution >= 4 is 0 Å². The molecule has 1 aliphatic rings. The van der Waals surface area contributed by atoms with Gasteiger partial charge in [-0.05, 0) is 62.7 Å². The fourth-order valence-corrected chi connectivity index (χ4v) is 2.83. The molecule has 3 nitrogen and oxygen atoms in total. The van der Waals surface area contributed by atoms with Crippen molar-refractivity contribution in [2.45, 2.75) is 25.9 Å². The van der Waals surface area contributed by atoms with Crippen LogP contribution in [0.2, 0.25) is 0 Å². The molecule has 1 fully saturated rings. The Morgan fingerprint density at radius 2 is 2.05 bits per heavy atom. The number of ether oxygens (including phenoxy) is 1. The summed E-state index contributed by atoms with van der Waals surface area (Å²) in [4.78, 5) is 4.36. The lowest BCUT2D eigenvalue weighted by Gasteiger charge is -2.28. The highest BCUT2D eigenvalue weighted by Gasteiger charge is 2.21. The maximum atomic E-state index is 6.08. The van der Waals surface area contributed by atoms with E-state index in [2.05, 4.69) is 29.4 Å². The van der Waals surface area contributed by atoms with E-state index in [4.69, 9.17) is 4.74 Å². The second kappa shape index (κ2) is 6.72. The molecule has 2 heterocycles. The van der Waals surface area contributed by atoms with Crippen LogP contribution in [-0.2, 0) is 0 Å². The number of rotatable bonds is 4. The summed E-state index contributed by atoms with van der Waals surface area (Å²) in [7, 11) is 0. The summed E-state index contributed by atoms with van der Waals surface area (Å²) in [5.41, 5.74) is 2.11. The van der Waals surface area contributed by atoms with Crippen molar-refractivity contribution in [2.75, 3.05) is 13.1 Å². The molecule has 0 amide bonds. The summed E-state index contributed by atoms with van der Waals surface area (Å²) < 4.78 is 6.08. The van der Waals surface area contributed by atoms with E-state index in [1.165, 1.54) is 12.8 Å². The molecule has 0 aliphatic carbocycles. The number of piperidine rings is 1. The van der Waals surface area contributed by atoms with Gasteiger partial charge in [0.05, 0.1) is 11.8 Å². The van der Waals surface area contributed by atoms with Crippen molar-refractivity contribution < 1.29 is 4.74 Å². The highest BCUT2D eigenvalue weighted by atomic mass is 16.5. The molecule has 2 aromatic rings. The van der Waals surface area contributed by atoms with E-state index in [9.17, 15) is 0 Å². The Bertz CT molecular complexity index is 547. The van der Waals surface area contributed by atoms with Crippen LogP contribution in [0.25, 0.3) is 11.3 Å². The third kappa shape index (κ3) is 3.61. The van der Waals surface area contributed by atoms with Gasteiger partial charge in [-0.1, -0.05) is 6.07 Å². The Balaban J connectivity index is 1.64. The fraction of sp³-hybridized carbons (Fsp3) is 0.389. The highest BCUT2D eigenvalue weighted by molar-refractivity contribution is 5.59. The molecule has 0 saturated carbocycles. The zero-order valence-electron chi connectivity index (χ0n) is 12.5. The molecule has 0 radical (unpaired) electrons. The van der Waals surface area contributed by atoms with Crippen LogP contribution < -0.4 is 10.1 Å². The van der Waals surface area contributed by atoms with Crippen LogP contribution in [0.15, 0.2) is 48.7 Å². The molecule has 1 saturated heterocycles. The molecular weight excluding hydrogens is 260 g/mol. The molecule has 110 valence electrons. The highest BCUT2D eigenvalue weighted by Crippen LogP contribution is 2.23. The maximum absolute atomic E-state index is 6.08. The van der Waals surface area contributed by atoms with Crippen molar-refractivity contribution in [1.29, 1.82) is 0 Å². The molecule has 1 N–H and O–H groups in total. The molecule has 2 unspecified atom stereocenters. The van der Waals surface area contributed by atoms with Crippen LogP contribution in [0.1, 0.15) is 19.8 Å². The fourth-order valence-electron chi connectivity index (χ4n) is 2.83. The lowest BCUT2D eigenvalue weighted by Crippen LogP contribution is -2.37. The predicted molar refractivity (Wildman–Crippen MR) is 85.4 cm³/mol. The van der Waals surface area contributed by atoms with E-state index in [-0.39, 0.29) is 6.10 Å². The minimum atomic E-state index is 0.249. The van der Waals surface area contributed by atoms with Gasteiger partial charge in [0.1, 0.15) is 5.75 Å². The first-order valence-corrected chi connectivity index (χ1v) is 7.72. The first-order valence-electron chi connectivity index (χ1n) is 7.72. The SMILES string of the molecule is CC(Oc1ccc(-c2ccccn2)cc1)C1CCCNC1. The number of hydrogen-bond acceptors (Lipinski definition) is 3. The van der Waals surface area contributed by atoms with Gasteiger partial charge in [0.25, 0.3) is 0 Å². The number of pyridine rings is 1. The third-order valence-corrected chi connectivity index (χ3v) is 4.14. The van der Waals surface area contributed by atoms with Crippen LogP contribution in [-0.4, -0.2) is 24.2 Å². The minimum Gasteiger partial charge on any atom is -0.490 e. The Hall–Kier alpha value is -1.87. The van der Waals surface area contributed by atoms with E-state index in [1.54, 1.807) is 0 Å². The van der Waals surface area contributed by atoms with Crippen molar-refractivity contribution in [3.63, 3.8) is 0 Å². The van der Waals surface area contributed by atoms with Gasteiger partial charge >= 0.3 is 0 Å². The predicted octanol–water partition coefficient (Wildman–Crippen LogP) is 3.52. The Kier molecular flexibility index (Phi) is 4.51. The number of hydrogen-bond donors (Lipinski definition) is 1. The standard InChI is InChI=1S/C18H22N2O/c1-14(16-5-4-11-19-13-16)21-17-9-7-15(8-10-17)18-6-2-3-12-20-18/h2-3,6-10,12,14,16,19H,4-5,11,13H2,1H3. The maximum Gasteiger partial charge on any atom is 0.119 e. The Morgan fingerprint density at radius 1 is 1.19 bits per heavy atom. The molecule has 1 aromatic carbocycles. The third-order valence-electron chi connectivity index (χ3n) is 4.14. The van der Waals surface area contributed by atoms with Crippen molar-refractivity contribution in [3.8, 4) is 17.0 Å². The quantitative estimate of drug-likeness (QED) is 0.931. The summed E-state index contributed by atoms with van der Waals surface area (Å²) in [6.45, 7) is 4.37. The Labute approximate surface area is 126 Å². The molecule has 0 spiro atoms. The van der Waals surface area contributed by atoms with Crippen LogP contribution >= 0.6 is 0 Å². The lowest BCUT2D eigenvalue weighted by molar-refractivity contribution is 0.131. The number of nitrogens with one attached hydrogen (secondary N) is 1. The number of benzene rings is 1. The second-order valence-corrected chi connectivity index (χ2v) is 5.67. The van der Waals surface area contributed by atoms with Crippen molar-refractivity contribution in [2.24, 2.45) is 5.92 Å². The summed E-state index contributed by atoms with van der Waals surface area (Å²) >= 11 is 0. The minimum absolute atomic E-state index is 0.249. The second-order valence-electron chi connectivity index (χ2n) is 5.67. The van der Waals surface area contributed by atoms with Crippen molar-refractivity contribution in [3.05, 3.63) is 48.7 Å². The van der Waals surface area contributed by atoms with Gasteiger partial charge in [-0.3, -0.25) is 4.98 Å². The van der Waals surface area contributed by atoms with E-state index in [0.29, 0.717) is 5.92 Å². The molecule has 1 aromatic heterocycles. The van der Waals surface area contributed by atoms with Gasteiger partial charge < -0.3 is 10.1 Å². The van der Waals surface area contributed by atoms with Gasteiger partial charge in [-0.2, -0.15) is 0 Å². The summed E-state index contributed by atoms with van der Waals surface area (Å²) in [6, 6.07) is 14.2. The zero-order chi connectivity index (χ0) is 14.5. The van der Waals surface area contributed by atoms with Gasteiger partial charge in [-0.25, -0.2) is 0 Å². The topological polar surface area (TPSA) is 34.1 Å². The monoisotopic (exact) mass is 282 g/mol. The summed E-state index contributed by atoms with van der Waals surface area (Å²) in [5.74, 6) is 1.54. The van der Waals surface area contributed by atoms with Gasteiger partial charge in [0.2, 0.25) is 0 Å². The van der Waals surface area contributed by atoms with Crippen LogP contribution in [0.5, 0.6) is 5.75 Å². The number of nitrogens with zero attached hydrogens (tertiary/aromatic N) is 1. The average molecular weight is 282 g/mol. The first kappa shape index (κ1) is 14.1. The first-order chi connectivity index (χ1) is 10.3. The zero-order valence-corrected chi connectivity index (χ0v) is 12.5. The van der Waals surface area contributed by atoms with E-state index < -0.39 is 0 Å². The van der Waals surface area contributed by atoms with Crippen LogP contribution in [0.4, 0.5) is 0 Å². The smallest absolute Gasteiger partial charge is 0.119 e.